The van der Waals surface area contributed by atoms with Gasteiger partial charge in [0.2, 0.25) is 0 Å². The van der Waals surface area contributed by atoms with Crippen LogP contribution in [0.1, 0.15) is 17.7 Å². The van der Waals surface area contributed by atoms with Crippen molar-refractivity contribution >= 4 is 40.7 Å². The second-order valence-corrected chi connectivity index (χ2v) is 8.63. The molecule has 1 atom stereocenters. The lowest BCUT2D eigenvalue weighted by Crippen LogP contribution is -2.28. The number of nitrogens with zero attached hydrogens (tertiary/aromatic N) is 5. The number of hydrogen-bond donors (Lipinski definition) is 2. The van der Waals surface area contributed by atoms with E-state index in [2.05, 4.69) is 10.1 Å². The smallest absolute Gasteiger partial charge is 0.305 e. The number of carbonyl (C=O) groups excluding carboxylic acids is 1. The minimum Gasteiger partial charge on any atom is -0.507 e. The number of para-hydroxylation sites is 2. The van der Waals surface area contributed by atoms with Crippen LogP contribution in [0.15, 0.2) is 69.5 Å². The predicted molar refractivity (Wildman–Crippen MR) is 129 cm³/mol. The Hall–Kier alpha value is -4.12. The highest BCUT2D eigenvalue weighted by Gasteiger charge is 2.40. The number of hydrazone groups is 1. The number of aliphatic carboxylic acids is 1. The van der Waals surface area contributed by atoms with Crippen molar-refractivity contribution in [1.29, 1.82) is 0 Å². The van der Waals surface area contributed by atoms with Crippen LogP contribution in [0.25, 0.3) is 5.69 Å². The Morgan fingerprint density at radius 2 is 1.79 bits per heavy atom. The number of hydrogen-bond acceptors (Lipinski definition) is 7. The van der Waals surface area contributed by atoms with Gasteiger partial charge in [-0.1, -0.05) is 42.1 Å². The van der Waals surface area contributed by atoms with Gasteiger partial charge in [-0.2, -0.15) is 10.1 Å². The molecule has 0 saturated carbocycles. The zero-order valence-corrected chi connectivity index (χ0v) is 19.1. The van der Waals surface area contributed by atoms with E-state index in [1.165, 1.54) is 17.0 Å². The van der Waals surface area contributed by atoms with E-state index in [1.54, 1.807) is 49.0 Å². The summed E-state index contributed by atoms with van der Waals surface area (Å²) in [6.07, 6.45) is 0.861. The van der Waals surface area contributed by atoms with Gasteiger partial charge < -0.3 is 10.2 Å². The number of aromatic hydroxyl groups is 1. The van der Waals surface area contributed by atoms with E-state index in [0.29, 0.717) is 16.9 Å². The number of carboxylic acids is 1. The third-order valence-electron chi connectivity index (χ3n) is 5.25. The van der Waals surface area contributed by atoms with E-state index in [0.717, 1.165) is 16.8 Å². The minimum atomic E-state index is -1.14. The van der Waals surface area contributed by atoms with E-state index in [4.69, 9.17) is 0 Å². The average molecular weight is 480 g/mol. The summed E-state index contributed by atoms with van der Waals surface area (Å²) in [7, 11) is 1.72. The fourth-order valence-corrected chi connectivity index (χ4v) is 4.48. The van der Waals surface area contributed by atoms with Crippen LogP contribution >= 0.6 is 11.8 Å². The van der Waals surface area contributed by atoms with Crippen LogP contribution in [-0.4, -0.2) is 53.1 Å². The van der Waals surface area contributed by atoms with Gasteiger partial charge in [-0.05, 0) is 31.2 Å². The molecule has 174 valence electrons. The number of aromatic nitrogens is 2. The number of rotatable bonds is 6. The molecular weight excluding hydrogens is 458 g/mol. The molecular formula is C23H21N5O5S. The first kappa shape index (κ1) is 23.1. The van der Waals surface area contributed by atoms with E-state index >= 15 is 0 Å². The Morgan fingerprint density at radius 1 is 1.12 bits per heavy atom. The molecule has 1 aliphatic rings. The monoisotopic (exact) mass is 479 g/mol. The highest BCUT2D eigenvalue weighted by Crippen LogP contribution is 2.32. The number of phenols is 1. The molecule has 4 rings (SSSR count). The molecule has 1 fully saturated rings. The first-order valence-corrected chi connectivity index (χ1v) is 11.1. The zero-order chi connectivity index (χ0) is 24.4. The van der Waals surface area contributed by atoms with E-state index in [1.807, 2.05) is 18.2 Å². The SMILES string of the molecule is Cc1c(N=C2S[C@@H](CC(=O)O)C(=O)N2/N=C\c2ccccc2O)c(=O)n(-c2ccccc2)n1C. The quantitative estimate of drug-likeness (QED) is 0.523. The number of phenolic OH excluding ortho intramolecular Hbond substituents is 1. The molecule has 1 aromatic heterocycles. The second kappa shape index (κ2) is 9.40. The van der Waals surface area contributed by atoms with Gasteiger partial charge in [0.25, 0.3) is 11.5 Å². The van der Waals surface area contributed by atoms with E-state index in [9.17, 15) is 24.6 Å². The van der Waals surface area contributed by atoms with Crippen LogP contribution < -0.4 is 5.56 Å². The summed E-state index contributed by atoms with van der Waals surface area (Å²) < 4.78 is 3.11. The molecule has 10 nitrogen and oxygen atoms in total. The Balaban J connectivity index is 1.78. The molecule has 0 bridgehead atoms. The van der Waals surface area contributed by atoms with Crippen molar-refractivity contribution in [3.05, 3.63) is 76.2 Å². The molecule has 2 heterocycles. The largest absolute Gasteiger partial charge is 0.507 e. The molecule has 34 heavy (non-hydrogen) atoms. The van der Waals surface area contributed by atoms with Crippen LogP contribution in [0.4, 0.5) is 5.69 Å². The summed E-state index contributed by atoms with van der Waals surface area (Å²) in [4.78, 5) is 41.8. The van der Waals surface area contributed by atoms with Gasteiger partial charge in [0.15, 0.2) is 10.9 Å². The average Bonchev–Trinajstić information content (AvgIpc) is 3.21. The number of thioether (sulfide) groups is 1. The van der Waals surface area contributed by atoms with Gasteiger partial charge in [0.1, 0.15) is 11.0 Å². The molecule has 0 spiro atoms. The number of amides is 1. The summed E-state index contributed by atoms with van der Waals surface area (Å²) >= 11 is 0.930. The van der Waals surface area contributed by atoms with Gasteiger partial charge in [-0.15, -0.1) is 0 Å². The maximum atomic E-state index is 13.2. The predicted octanol–water partition coefficient (Wildman–Crippen LogP) is 2.63. The number of benzene rings is 2. The molecule has 11 heteroatoms. The molecule has 2 N–H and O–H groups in total. The summed E-state index contributed by atoms with van der Waals surface area (Å²) in [6.45, 7) is 1.73. The Labute approximate surface area is 198 Å². The van der Waals surface area contributed by atoms with Crippen LogP contribution in [0.5, 0.6) is 5.75 Å². The second-order valence-electron chi connectivity index (χ2n) is 7.46. The third kappa shape index (κ3) is 4.37. The first-order chi connectivity index (χ1) is 16.3. The lowest BCUT2D eigenvalue weighted by atomic mass is 10.2. The number of aliphatic imine (C=N–C) groups is 1. The fraction of sp³-hybridized carbons (Fsp3) is 0.174. The summed E-state index contributed by atoms with van der Waals surface area (Å²) in [5, 5.41) is 23.4. The molecule has 2 aromatic carbocycles. The van der Waals surface area contributed by atoms with E-state index < -0.39 is 29.1 Å². The van der Waals surface area contributed by atoms with Crippen LogP contribution in [0.2, 0.25) is 0 Å². The van der Waals surface area contributed by atoms with Crippen LogP contribution in [0, 0.1) is 6.92 Å². The van der Waals surface area contributed by atoms with Crippen molar-refractivity contribution in [3.63, 3.8) is 0 Å². The van der Waals surface area contributed by atoms with Crippen LogP contribution in [-0.2, 0) is 16.6 Å². The lowest BCUT2D eigenvalue weighted by Gasteiger charge is -2.09. The molecule has 3 aromatic rings. The van der Waals surface area contributed by atoms with Crippen molar-refractivity contribution in [1.82, 2.24) is 14.4 Å². The summed E-state index contributed by atoms with van der Waals surface area (Å²) in [6, 6.07) is 15.5. The highest BCUT2D eigenvalue weighted by molar-refractivity contribution is 8.15. The van der Waals surface area contributed by atoms with Crippen molar-refractivity contribution < 1.29 is 19.8 Å². The van der Waals surface area contributed by atoms with E-state index in [-0.39, 0.29) is 16.6 Å². The van der Waals surface area contributed by atoms with Gasteiger partial charge >= 0.3 is 5.97 Å². The Kier molecular flexibility index (Phi) is 6.37. The third-order valence-corrected chi connectivity index (χ3v) is 6.38. The van der Waals surface area contributed by atoms with Crippen LogP contribution in [0.3, 0.4) is 0 Å². The van der Waals surface area contributed by atoms with Crippen molar-refractivity contribution in [2.45, 2.75) is 18.6 Å². The van der Waals surface area contributed by atoms with Gasteiger partial charge in [0.05, 0.1) is 24.0 Å². The van der Waals surface area contributed by atoms with Gasteiger partial charge in [-0.25, -0.2) is 9.67 Å². The van der Waals surface area contributed by atoms with Gasteiger partial charge in [-0.3, -0.25) is 19.1 Å². The normalized spacial score (nSPS) is 17.2. The topological polar surface area (TPSA) is 129 Å². The molecule has 0 aliphatic carbocycles. The number of carbonyl (C=O) groups is 2. The van der Waals surface area contributed by atoms with Gasteiger partial charge in [0, 0.05) is 12.6 Å². The maximum Gasteiger partial charge on any atom is 0.305 e. The minimum absolute atomic E-state index is 0.0317. The lowest BCUT2D eigenvalue weighted by molar-refractivity contribution is -0.139. The highest BCUT2D eigenvalue weighted by atomic mass is 32.2. The Bertz CT molecular complexity index is 1380. The molecule has 1 amide bonds. The zero-order valence-electron chi connectivity index (χ0n) is 18.3. The summed E-state index contributed by atoms with van der Waals surface area (Å²) in [5.74, 6) is -1.75. The standard InChI is InChI=1S/C23H21N5O5S/c1-14-20(22(33)28(26(14)2)16-9-4-3-5-10-16)25-23-27(21(32)18(34-23)12-19(30)31)24-13-15-8-6-7-11-17(15)29/h3-11,13,18,29H,12H2,1-2H3,(H,30,31)/b24-13-,25-23?/t18-/m0/s1. The first-order valence-electron chi connectivity index (χ1n) is 10.2. The molecule has 0 radical (unpaired) electrons. The van der Waals surface area contributed by atoms with Crippen molar-refractivity contribution in [2.75, 3.05) is 0 Å². The molecule has 1 saturated heterocycles. The maximum absolute atomic E-state index is 13.2. The summed E-state index contributed by atoms with van der Waals surface area (Å²) in [5.41, 5.74) is 1.29. The number of carboxylic acid groups (broad SMARTS) is 1. The van der Waals surface area contributed by atoms with Crippen molar-refractivity contribution in [3.8, 4) is 11.4 Å². The molecule has 0 unspecified atom stereocenters. The number of amidine groups is 1. The fourth-order valence-electron chi connectivity index (χ4n) is 3.42. The van der Waals surface area contributed by atoms with Crippen molar-refractivity contribution in [2.24, 2.45) is 17.1 Å². The Morgan fingerprint density at radius 3 is 2.47 bits per heavy atom. The molecule has 1 aliphatic heterocycles.